The van der Waals surface area contributed by atoms with Crippen molar-refractivity contribution in [2.45, 2.75) is 0 Å². The molecule has 0 fully saturated rings. The maximum atomic E-state index is 5.24. The molecule has 0 N–H and O–H groups in total. The Kier molecular flexibility index (Phi) is 6.71. The predicted octanol–water partition coefficient (Wildman–Crippen LogP) is 0.693. The van der Waals surface area contributed by atoms with Crippen LogP contribution in [0.25, 0.3) is 0 Å². The van der Waals surface area contributed by atoms with Crippen LogP contribution in [0.5, 0.6) is 0 Å². The molecule has 0 heterocycles. The van der Waals surface area contributed by atoms with E-state index in [2.05, 4.69) is 0 Å². The van der Waals surface area contributed by atoms with E-state index in [9.17, 15) is 0 Å². The van der Waals surface area contributed by atoms with Gasteiger partial charge in [-0.1, -0.05) is 0 Å². The average Bonchev–Trinajstić information content (AvgIpc) is 1.80. The Morgan fingerprint density at radius 1 is 0.615 bits per heavy atom. The van der Waals surface area contributed by atoms with Gasteiger partial charge < -0.3 is 0 Å². The Bertz CT molecular complexity index is 111. The van der Waals surface area contributed by atoms with E-state index in [0.717, 1.165) is 0 Å². The molecule has 7 heteroatoms. The van der Waals surface area contributed by atoms with Crippen LogP contribution < -0.4 is 0 Å². The smallest absolute Gasteiger partial charge is 0.219 e. The fraction of sp³-hybridized carbons (Fsp3) is 1.00. The molecule has 0 aliphatic carbocycles. The van der Waals surface area contributed by atoms with Crippen LogP contribution >= 0.6 is 8.60 Å². The molecular weight excluding hydrogens is 193 g/mol. The van der Waals surface area contributed by atoms with E-state index in [0.29, 0.717) is 0 Å². The molecule has 0 aliphatic heterocycles. The molecule has 0 aromatic carbocycles. The van der Waals surface area contributed by atoms with Gasteiger partial charge in [-0.05, 0) is 0 Å². The first-order valence-corrected chi connectivity index (χ1v) is 4.87. The van der Waals surface area contributed by atoms with Crippen LogP contribution in [-0.2, 0) is 13.9 Å². The van der Waals surface area contributed by atoms with E-state index >= 15 is 0 Å². The molecule has 13 heavy (non-hydrogen) atoms. The number of hydrogen-bond acceptors (Lipinski definition) is 6. The monoisotopic (exact) mass is 211 g/mol. The summed E-state index contributed by atoms with van der Waals surface area (Å²) in [6, 6.07) is 0. The quantitative estimate of drug-likeness (QED) is 0.475. The van der Waals surface area contributed by atoms with Gasteiger partial charge in [-0.15, -0.1) is 0 Å². The molecule has 80 valence electrons. The normalized spacial score (nSPS) is 12.5. The zero-order valence-electron chi connectivity index (χ0n) is 9.01. The SMILES string of the molecule is CN(C)OP(ON(C)C)ON(C)C. The summed E-state index contributed by atoms with van der Waals surface area (Å²) < 4.78 is 15.7. The summed E-state index contributed by atoms with van der Waals surface area (Å²) in [6.45, 7) is 0. The topological polar surface area (TPSA) is 37.4 Å². The molecular formula is C6H18N3O3P. The van der Waals surface area contributed by atoms with Gasteiger partial charge >= 0.3 is 8.60 Å². The van der Waals surface area contributed by atoms with Crippen LogP contribution in [0, 0.1) is 0 Å². The predicted molar refractivity (Wildman–Crippen MR) is 51.2 cm³/mol. The van der Waals surface area contributed by atoms with Gasteiger partial charge in [-0.2, -0.15) is 15.2 Å². The van der Waals surface area contributed by atoms with Gasteiger partial charge in [0.1, 0.15) is 0 Å². The van der Waals surface area contributed by atoms with E-state index in [4.69, 9.17) is 13.9 Å². The molecule has 0 unspecified atom stereocenters. The van der Waals surface area contributed by atoms with Gasteiger partial charge in [0.15, 0.2) is 0 Å². The minimum atomic E-state index is -1.40. The van der Waals surface area contributed by atoms with Crippen molar-refractivity contribution in [3.8, 4) is 0 Å². The van der Waals surface area contributed by atoms with E-state index in [-0.39, 0.29) is 0 Å². The van der Waals surface area contributed by atoms with Crippen LogP contribution in [0.15, 0.2) is 0 Å². The Balaban J connectivity index is 3.87. The minimum absolute atomic E-state index is 1.40. The van der Waals surface area contributed by atoms with Crippen molar-refractivity contribution in [3.63, 3.8) is 0 Å². The molecule has 0 aromatic rings. The largest absolute Gasteiger partial charge is 0.387 e. The van der Waals surface area contributed by atoms with Gasteiger partial charge in [0.05, 0.1) is 0 Å². The second-order valence-corrected chi connectivity index (χ2v) is 3.84. The maximum Gasteiger partial charge on any atom is 0.387 e. The van der Waals surface area contributed by atoms with Crippen molar-refractivity contribution in [2.24, 2.45) is 0 Å². The molecule has 0 amide bonds. The fourth-order valence-electron chi connectivity index (χ4n) is 0.445. The van der Waals surface area contributed by atoms with E-state index < -0.39 is 8.60 Å². The molecule has 0 aliphatic rings. The highest BCUT2D eigenvalue weighted by Gasteiger charge is 2.17. The second kappa shape index (κ2) is 6.62. The highest BCUT2D eigenvalue weighted by atomic mass is 31.2. The van der Waals surface area contributed by atoms with Crippen molar-refractivity contribution in [3.05, 3.63) is 0 Å². The average molecular weight is 211 g/mol. The first-order chi connectivity index (χ1) is 5.91. The lowest BCUT2D eigenvalue weighted by molar-refractivity contribution is -0.126. The zero-order chi connectivity index (χ0) is 10.4. The first kappa shape index (κ1) is 13.2. The Morgan fingerprint density at radius 2 is 0.846 bits per heavy atom. The number of hydrogen-bond donors (Lipinski definition) is 0. The molecule has 0 radical (unpaired) electrons. The van der Waals surface area contributed by atoms with E-state index in [1.165, 1.54) is 0 Å². The summed E-state index contributed by atoms with van der Waals surface area (Å²) in [4.78, 5) is 0. The highest BCUT2D eigenvalue weighted by molar-refractivity contribution is 7.41. The van der Waals surface area contributed by atoms with Crippen LogP contribution in [-0.4, -0.2) is 57.5 Å². The fourth-order valence-corrected chi connectivity index (χ4v) is 1.33. The van der Waals surface area contributed by atoms with Gasteiger partial charge in [0, 0.05) is 42.3 Å². The van der Waals surface area contributed by atoms with Crippen molar-refractivity contribution < 1.29 is 13.9 Å². The van der Waals surface area contributed by atoms with Crippen molar-refractivity contribution >= 4 is 8.60 Å². The lowest BCUT2D eigenvalue weighted by Crippen LogP contribution is -2.19. The molecule has 0 spiro atoms. The standard InChI is InChI=1S/C6H18N3O3P/c1-7(2)10-13(11-8(3)4)12-9(5)6/h1-6H3. The Hall–Kier alpha value is 0.190. The number of rotatable bonds is 6. The molecule has 0 saturated heterocycles. The molecule has 6 nitrogen and oxygen atoms in total. The van der Waals surface area contributed by atoms with Gasteiger partial charge in [0.2, 0.25) is 0 Å². The number of hydroxylamine groups is 6. The highest BCUT2D eigenvalue weighted by Crippen LogP contribution is 2.40. The molecule has 0 aromatic heterocycles. The van der Waals surface area contributed by atoms with Crippen LogP contribution in [0.1, 0.15) is 0 Å². The zero-order valence-corrected chi connectivity index (χ0v) is 9.91. The first-order valence-electron chi connectivity index (χ1n) is 3.78. The third-order valence-corrected chi connectivity index (χ3v) is 2.07. The van der Waals surface area contributed by atoms with E-state index in [1.54, 1.807) is 57.5 Å². The summed E-state index contributed by atoms with van der Waals surface area (Å²) in [5, 5.41) is 4.62. The van der Waals surface area contributed by atoms with Gasteiger partial charge in [-0.3, -0.25) is 0 Å². The summed E-state index contributed by atoms with van der Waals surface area (Å²) in [7, 11) is 9.23. The molecule has 0 rings (SSSR count). The number of nitrogens with zero attached hydrogens (tertiary/aromatic N) is 3. The summed E-state index contributed by atoms with van der Waals surface area (Å²) in [5.41, 5.74) is 0. The molecule has 0 bridgehead atoms. The van der Waals surface area contributed by atoms with Gasteiger partial charge in [-0.25, -0.2) is 13.9 Å². The maximum absolute atomic E-state index is 5.24. The van der Waals surface area contributed by atoms with Crippen LogP contribution in [0.3, 0.4) is 0 Å². The van der Waals surface area contributed by atoms with Crippen LogP contribution in [0.4, 0.5) is 0 Å². The van der Waals surface area contributed by atoms with Crippen molar-refractivity contribution in [1.29, 1.82) is 0 Å². The summed E-state index contributed by atoms with van der Waals surface area (Å²) in [5.74, 6) is 0. The van der Waals surface area contributed by atoms with E-state index in [1.807, 2.05) is 0 Å². The third-order valence-electron chi connectivity index (χ3n) is 0.690. The Morgan fingerprint density at radius 3 is 1.00 bits per heavy atom. The summed E-state index contributed by atoms with van der Waals surface area (Å²) in [6.07, 6.45) is 0. The molecule has 0 saturated carbocycles. The van der Waals surface area contributed by atoms with Crippen LogP contribution in [0.2, 0.25) is 0 Å². The van der Waals surface area contributed by atoms with Gasteiger partial charge in [0.25, 0.3) is 0 Å². The minimum Gasteiger partial charge on any atom is -0.219 e. The lowest BCUT2D eigenvalue weighted by Gasteiger charge is -2.23. The van der Waals surface area contributed by atoms with Crippen molar-refractivity contribution in [2.75, 3.05) is 42.3 Å². The molecule has 0 atom stereocenters. The van der Waals surface area contributed by atoms with Crippen molar-refractivity contribution in [1.82, 2.24) is 15.2 Å². The Labute approximate surface area is 80.8 Å². The summed E-state index contributed by atoms with van der Waals surface area (Å²) >= 11 is 0. The second-order valence-electron chi connectivity index (χ2n) is 2.91. The third kappa shape index (κ3) is 8.52. The lowest BCUT2D eigenvalue weighted by atomic mass is 11.2.